The van der Waals surface area contributed by atoms with Crippen LogP contribution in [-0.4, -0.2) is 19.0 Å². The summed E-state index contributed by atoms with van der Waals surface area (Å²) >= 11 is 0. The number of nitrogens with one attached hydrogen (secondary N) is 2. The average Bonchev–Trinajstić information content (AvgIpc) is 2.71. The normalized spacial score (nSPS) is 13.7. The van der Waals surface area contributed by atoms with E-state index in [9.17, 15) is 4.79 Å². The van der Waals surface area contributed by atoms with Gasteiger partial charge in [0.25, 0.3) is 0 Å². The van der Waals surface area contributed by atoms with E-state index in [-0.39, 0.29) is 5.91 Å². The Morgan fingerprint density at radius 1 is 0.926 bits per heavy atom. The Morgan fingerprint density at radius 2 is 1.70 bits per heavy atom. The van der Waals surface area contributed by atoms with Crippen molar-refractivity contribution in [2.24, 2.45) is 0 Å². The van der Waals surface area contributed by atoms with Crippen LogP contribution in [0.4, 0.5) is 5.69 Å². The van der Waals surface area contributed by atoms with Crippen molar-refractivity contribution in [2.75, 3.05) is 18.4 Å². The van der Waals surface area contributed by atoms with Crippen LogP contribution in [-0.2, 0) is 4.79 Å². The number of ether oxygens (including phenoxy) is 1. The van der Waals surface area contributed by atoms with Crippen molar-refractivity contribution in [3.8, 4) is 11.5 Å². The third-order valence-electron chi connectivity index (χ3n) is 4.65. The van der Waals surface area contributed by atoms with Crippen molar-refractivity contribution in [2.45, 2.75) is 38.5 Å². The SMILES string of the molecule is O=C(CCNCCC1=CCCCC1)Nc1ccc(Oc2ccccc2)cc1. The molecule has 0 saturated carbocycles. The molecular formula is C23H28N2O2. The van der Waals surface area contributed by atoms with E-state index in [0.717, 1.165) is 30.2 Å². The molecule has 0 atom stereocenters. The van der Waals surface area contributed by atoms with Gasteiger partial charge in [0.1, 0.15) is 11.5 Å². The molecule has 0 radical (unpaired) electrons. The molecule has 0 bridgehead atoms. The highest BCUT2D eigenvalue weighted by Crippen LogP contribution is 2.22. The maximum Gasteiger partial charge on any atom is 0.225 e. The van der Waals surface area contributed by atoms with Gasteiger partial charge in [-0.25, -0.2) is 0 Å². The number of hydrogen-bond donors (Lipinski definition) is 2. The third-order valence-corrected chi connectivity index (χ3v) is 4.65. The quantitative estimate of drug-likeness (QED) is 0.470. The van der Waals surface area contributed by atoms with Crippen LogP contribution in [0.15, 0.2) is 66.2 Å². The van der Waals surface area contributed by atoms with Gasteiger partial charge in [0.15, 0.2) is 0 Å². The van der Waals surface area contributed by atoms with Crippen molar-refractivity contribution in [1.29, 1.82) is 0 Å². The summed E-state index contributed by atoms with van der Waals surface area (Å²) < 4.78 is 5.75. The molecule has 4 nitrogen and oxygen atoms in total. The Balaban J connectivity index is 1.33. The van der Waals surface area contributed by atoms with Gasteiger partial charge in [-0.15, -0.1) is 0 Å². The minimum Gasteiger partial charge on any atom is -0.457 e. The lowest BCUT2D eigenvalue weighted by molar-refractivity contribution is -0.116. The number of hydrogen-bond acceptors (Lipinski definition) is 3. The molecule has 0 heterocycles. The summed E-state index contributed by atoms with van der Waals surface area (Å²) in [6.45, 7) is 1.65. The third kappa shape index (κ3) is 6.91. The minimum absolute atomic E-state index is 0.0242. The van der Waals surface area contributed by atoms with E-state index < -0.39 is 0 Å². The van der Waals surface area contributed by atoms with Gasteiger partial charge >= 0.3 is 0 Å². The molecule has 0 unspecified atom stereocenters. The van der Waals surface area contributed by atoms with Crippen LogP contribution in [0.2, 0.25) is 0 Å². The van der Waals surface area contributed by atoms with Crippen LogP contribution in [0.5, 0.6) is 11.5 Å². The summed E-state index contributed by atoms with van der Waals surface area (Å²) in [5, 5.41) is 6.29. The zero-order valence-corrected chi connectivity index (χ0v) is 15.7. The molecule has 2 N–H and O–H groups in total. The summed E-state index contributed by atoms with van der Waals surface area (Å²) in [7, 11) is 0. The second-order valence-electron chi connectivity index (χ2n) is 6.85. The van der Waals surface area contributed by atoms with Crippen LogP contribution >= 0.6 is 0 Å². The van der Waals surface area contributed by atoms with Crippen molar-refractivity contribution in [1.82, 2.24) is 5.32 Å². The van der Waals surface area contributed by atoms with Gasteiger partial charge in [0.2, 0.25) is 5.91 Å². The minimum atomic E-state index is 0.0242. The zero-order chi connectivity index (χ0) is 18.7. The van der Waals surface area contributed by atoms with Gasteiger partial charge in [-0.2, -0.15) is 0 Å². The molecule has 1 amide bonds. The number of amides is 1. The van der Waals surface area contributed by atoms with Gasteiger partial charge in [-0.1, -0.05) is 29.8 Å². The maximum absolute atomic E-state index is 12.1. The van der Waals surface area contributed by atoms with E-state index in [4.69, 9.17) is 4.74 Å². The molecule has 0 aliphatic heterocycles. The van der Waals surface area contributed by atoms with E-state index in [0.29, 0.717) is 13.0 Å². The number of anilines is 1. The molecule has 27 heavy (non-hydrogen) atoms. The van der Waals surface area contributed by atoms with Crippen LogP contribution < -0.4 is 15.4 Å². The molecule has 4 heteroatoms. The summed E-state index contributed by atoms with van der Waals surface area (Å²) in [6, 6.07) is 17.1. The second-order valence-corrected chi connectivity index (χ2v) is 6.85. The summed E-state index contributed by atoms with van der Waals surface area (Å²) in [4.78, 5) is 12.1. The van der Waals surface area contributed by atoms with Gasteiger partial charge in [-0.3, -0.25) is 4.79 Å². The van der Waals surface area contributed by atoms with Crippen molar-refractivity contribution in [3.63, 3.8) is 0 Å². The van der Waals surface area contributed by atoms with E-state index in [1.807, 2.05) is 54.6 Å². The molecule has 0 saturated heterocycles. The second kappa shape index (κ2) is 10.5. The molecule has 1 aliphatic rings. The van der Waals surface area contributed by atoms with Crippen molar-refractivity contribution in [3.05, 3.63) is 66.2 Å². The Bertz CT molecular complexity index is 739. The summed E-state index contributed by atoms with van der Waals surface area (Å²) in [6.07, 6.45) is 9.08. The highest BCUT2D eigenvalue weighted by atomic mass is 16.5. The first-order valence-corrected chi connectivity index (χ1v) is 9.81. The smallest absolute Gasteiger partial charge is 0.225 e. The highest BCUT2D eigenvalue weighted by molar-refractivity contribution is 5.90. The monoisotopic (exact) mass is 364 g/mol. The Kier molecular flexibility index (Phi) is 7.48. The van der Waals surface area contributed by atoms with E-state index in [1.165, 1.54) is 25.7 Å². The fraction of sp³-hybridized carbons (Fsp3) is 0.348. The lowest BCUT2D eigenvalue weighted by atomic mass is 9.97. The molecule has 1 aliphatic carbocycles. The highest BCUT2D eigenvalue weighted by Gasteiger charge is 2.05. The fourth-order valence-electron chi connectivity index (χ4n) is 3.16. The number of rotatable bonds is 9. The summed E-state index contributed by atoms with van der Waals surface area (Å²) in [5.74, 6) is 1.57. The number of benzene rings is 2. The molecule has 0 aromatic heterocycles. The topological polar surface area (TPSA) is 50.4 Å². The largest absolute Gasteiger partial charge is 0.457 e. The Morgan fingerprint density at radius 3 is 2.44 bits per heavy atom. The number of carbonyl (C=O) groups excluding carboxylic acids is 1. The predicted octanol–water partition coefficient (Wildman–Crippen LogP) is 5.29. The van der Waals surface area contributed by atoms with Crippen LogP contribution in [0, 0.1) is 0 Å². The van der Waals surface area contributed by atoms with E-state index in [1.54, 1.807) is 5.57 Å². The molecule has 0 fully saturated rings. The van der Waals surface area contributed by atoms with E-state index >= 15 is 0 Å². The Hall–Kier alpha value is -2.59. The van der Waals surface area contributed by atoms with Crippen molar-refractivity contribution < 1.29 is 9.53 Å². The first-order valence-electron chi connectivity index (χ1n) is 9.81. The van der Waals surface area contributed by atoms with Gasteiger partial charge in [0, 0.05) is 18.7 Å². The summed E-state index contributed by atoms with van der Waals surface area (Å²) in [5.41, 5.74) is 2.35. The first kappa shape index (κ1) is 19.2. The van der Waals surface area contributed by atoms with Gasteiger partial charge in [0.05, 0.1) is 0 Å². The standard InChI is InChI=1S/C23H28N2O2/c26-23(16-18-24-17-15-19-7-3-1-4-8-19)25-20-11-13-22(14-12-20)27-21-9-5-2-6-10-21/h2,5-7,9-14,24H,1,3-4,8,15-18H2,(H,25,26). The fourth-order valence-corrected chi connectivity index (χ4v) is 3.16. The molecule has 0 spiro atoms. The maximum atomic E-state index is 12.1. The average molecular weight is 364 g/mol. The Labute approximate surface area is 161 Å². The molecule has 2 aromatic rings. The lowest BCUT2D eigenvalue weighted by Crippen LogP contribution is -2.23. The molecule has 142 valence electrons. The van der Waals surface area contributed by atoms with Gasteiger partial charge < -0.3 is 15.4 Å². The van der Waals surface area contributed by atoms with Crippen LogP contribution in [0.1, 0.15) is 38.5 Å². The number of para-hydroxylation sites is 1. The first-order chi connectivity index (χ1) is 13.3. The van der Waals surface area contributed by atoms with Crippen LogP contribution in [0.25, 0.3) is 0 Å². The molecule has 3 rings (SSSR count). The molecular weight excluding hydrogens is 336 g/mol. The van der Waals surface area contributed by atoms with Gasteiger partial charge in [-0.05, 0) is 75.0 Å². The number of allylic oxidation sites excluding steroid dienone is 1. The van der Waals surface area contributed by atoms with Crippen molar-refractivity contribution >= 4 is 11.6 Å². The van der Waals surface area contributed by atoms with Crippen LogP contribution in [0.3, 0.4) is 0 Å². The zero-order valence-electron chi connectivity index (χ0n) is 15.7. The molecule has 2 aromatic carbocycles. The lowest BCUT2D eigenvalue weighted by Gasteiger charge is -2.13. The van der Waals surface area contributed by atoms with E-state index in [2.05, 4.69) is 16.7 Å². The predicted molar refractivity (Wildman–Crippen MR) is 110 cm³/mol. The number of carbonyl (C=O) groups is 1.